The van der Waals surface area contributed by atoms with Gasteiger partial charge in [0, 0.05) is 6.04 Å². The van der Waals surface area contributed by atoms with Gasteiger partial charge >= 0.3 is 0 Å². The molecule has 2 rings (SSSR count). The predicted octanol–water partition coefficient (Wildman–Crippen LogP) is 3.64. The molecule has 0 spiro atoms. The minimum Gasteiger partial charge on any atom is -0.323 e. The highest BCUT2D eigenvalue weighted by Crippen LogP contribution is 2.30. The van der Waals surface area contributed by atoms with E-state index in [0.29, 0.717) is 0 Å². The van der Waals surface area contributed by atoms with E-state index in [1.807, 2.05) is 38.1 Å². The van der Waals surface area contributed by atoms with Crippen LogP contribution in [0.4, 0.5) is 0 Å². The summed E-state index contributed by atoms with van der Waals surface area (Å²) in [4.78, 5) is 0. The van der Waals surface area contributed by atoms with E-state index in [2.05, 4.69) is 24.3 Å². The molecule has 0 bridgehead atoms. The Bertz CT molecular complexity index is 576. The van der Waals surface area contributed by atoms with Crippen LogP contribution in [-0.2, 0) is 0 Å². The van der Waals surface area contributed by atoms with Crippen molar-refractivity contribution in [3.05, 3.63) is 48.0 Å². The summed E-state index contributed by atoms with van der Waals surface area (Å²) in [6.45, 7) is 4.08. The molecule has 0 amide bonds. The Morgan fingerprint density at radius 1 is 1.06 bits per heavy atom. The van der Waals surface area contributed by atoms with Crippen molar-refractivity contribution in [3.63, 3.8) is 0 Å². The van der Waals surface area contributed by atoms with Crippen molar-refractivity contribution >= 4 is 10.8 Å². The third-order valence-electron chi connectivity index (χ3n) is 3.44. The van der Waals surface area contributed by atoms with Crippen LogP contribution < -0.4 is 5.73 Å². The lowest BCUT2D eigenvalue weighted by atomic mass is 9.84. The first-order valence-corrected chi connectivity index (χ1v) is 6.28. The van der Waals surface area contributed by atoms with E-state index in [1.54, 1.807) is 0 Å². The molecule has 0 saturated carbocycles. The van der Waals surface area contributed by atoms with E-state index in [0.717, 1.165) is 10.9 Å². The first-order chi connectivity index (χ1) is 8.65. The smallest absolute Gasteiger partial charge is 0.0679 e. The van der Waals surface area contributed by atoms with Gasteiger partial charge in [-0.2, -0.15) is 5.26 Å². The third-order valence-corrected chi connectivity index (χ3v) is 3.44. The summed E-state index contributed by atoms with van der Waals surface area (Å²) in [6.07, 6.45) is 0. The van der Waals surface area contributed by atoms with Crippen LogP contribution in [-0.4, -0.2) is 0 Å². The molecule has 92 valence electrons. The third kappa shape index (κ3) is 2.23. The van der Waals surface area contributed by atoms with Gasteiger partial charge in [0.1, 0.15) is 0 Å². The topological polar surface area (TPSA) is 49.8 Å². The highest BCUT2D eigenvalue weighted by Gasteiger charge is 2.23. The molecule has 2 atom stereocenters. The Hall–Kier alpha value is -1.85. The Kier molecular flexibility index (Phi) is 3.64. The molecule has 0 aromatic heterocycles. The van der Waals surface area contributed by atoms with Gasteiger partial charge in [0.25, 0.3) is 0 Å². The average molecular weight is 238 g/mol. The number of rotatable bonds is 3. The van der Waals surface area contributed by atoms with Crippen LogP contribution in [0, 0.1) is 23.2 Å². The van der Waals surface area contributed by atoms with E-state index in [4.69, 9.17) is 5.73 Å². The maximum atomic E-state index is 9.27. The summed E-state index contributed by atoms with van der Waals surface area (Å²) >= 11 is 0. The molecule has 2 heteroatoms. The molecule has 0 heterocycles. The van der Waals surface area contributed by atoms with Crippen LogP contribution in [0.2, 0.25) is 0 Å². The number of nitrogens with two attached hydrogens (primary N) is 1. The summed E-state index contributed by atoms with van der Waals surface area (Å²) in [5, 5.41) is 11.6. The molecule has 0 fully saturated rings. The summed E-state index contributed by atoms with van der Waals surface area (Å²) in [5.41, 5.74) is 7.36. The minimum atomic E-state index is -0.235. The molecule has 18 heavy (non-hydrogen) atoms. The number of benzene rings is 2. The van der Waals surface area contributed by atoms with Gasteiger partial charge in [-0.1, -0.05) is 56.3 Å². The minimum absolute atomic E-state index is 0.157. The zero-order chi connectivity index (χ0) is 13.1. The molecule has 0 aliphatic carbocycles. The Morgan fingerprint density at radius 2 is 1.72 bits per heavy atom. The van der Waals surface area contributed by atoms with Crippen molar-refractivity contribution in [1.82, 2.24) is 0 Å². The SMILES string of the molecule is CC(C)C(C#N)C(N)c1cccc2ccccc12. The highest BCUT2D eigenvalue weighted by molar-refractivity contribution is 5.86. The standard InChI is InChI=1S/C16H18N2/c1-11(2)15(10-17)16(18)14-9-5-7-12-6-3-4-8-13(12)14/h3-9,11,15-16H,18H2,1-2H3. The quantitative estimate of drug-likeness (QED) is 0.887. The van der Waals surface area contributed by atoms with E-state index < -0.39 is 0 Å². The largest absolute Gasteiger partial charge is 0.323 e. The lowest BCUT2D eigenvalue weighted by Gasteiger charge is -2.22. The fraction of sp³-hybridized carbons (Fsp3) is 0.312. The Labute approximate surface area is 108 Å². The fourth-order valence-electron chi connectivity index (χ4n) is 2.38. The normalized spacial score (nSPS) is 14.4. The second-order valence-corrected chi connectivity index (χ2v) is 4.99. The van der Waals surface area contributed by atoms with Crippen molar-refractivity contribution in [3.8, 4) is 6.07 Å². The lowest BCUT2D eigenvalue weighted by molar-refractivity contribution is 0.405. The van der Waals surface area contributed by atoms with Crippen molar-refractivity contribution in [2.45, 2.75) is 19.9 Å². The Balaban J connectivity index is 2.51. The molecule has 2 N–H and O–H groups in total. The maximum absolute atomic E-state index is 9.27. The van der Waals surface area contributed by atoms with Gasteiger partial charge in [-0.25, -0.2) is 0 Å². The van der Waals surface area contributed by atoms with Crippen molar-refractivity contribution in [2.24, 2.45) is 17.6 Å². The summed E-state index contributed by atoms with van der Waals surface area (Å²) in [5.74, 6) is 0.0970. The number of hydrogen-bond acceptors (Lipinski definition) is 2. The summed E-state index contributed by atoms with van der Waals surface area (Å²) in [7, 11) is 0. The van der Waals surface area contributed by atoms with Crippen molar-refractivity contribution in [2.75, 3.05) is 0 Å². The zero-order valence-electron chi connectivity index (χ0n) is 10.8. The molecule has 0 saturated heterocycles. The Morgan fingerprint density at radius 3 is 2.39 bits per heavy atom. The average Bonchev–Trinajstić information content (AvgIpc) is 2.38. The number of fused-ring (bicyclic) bond motifs is 1. The van der Waals surface area contributed by atoms with Crippen molar-refractivity contribution in [1.29, 1.82) is 5.26 Å². The summed E-state index contributed by atoms with van der Waals surface area (Å²) in [6, 6.07) is 16.4. The van der Waals surface area contributed by atoms with Gasteiger partial charge < -0.3 is 5.73 Å². The molecule has 0 radical (unpaired) electrons. The number of nitriles is 1. The molecular weight excluding hydrogens is 220 g/mol. The van der Waals surface area contributed by atoms with Crippen LogP contribution >= 0.6 is 0 Å². The molecule has 2 aromatic rings. The fourth-order valence-corrected chi connectivity index (χ4v) is 2.38. The molecule has 2 unspecified atom stereocenters. The van der Waals surface area contributed by atoms with E-state index >= 15 is 0 Å². The zero-order valence-corrected chi connectivity index (χ0v) is 10.8. The molecule has 2 aromatic carbocycles. The van der Waals surface area contributed by atoms with Crippen LogP contribution in [0.5, 0.6) is 0 Å². The van der Waals surface area contributed by atoms with Gasteiger partial charge in [-0.05, 0) is 22.3 Å². The first-order valence-electron chi connectivity index (χ1n) is 6.28. The first kappa shape index (κ1) is 12.6. The molecular formula is C16H18N2. The van der Waals surface area contributed by atoms with Gasteiger partial charge in [-0.15, -0.1) is 0 Å². The van der Waals surface area contributed by atoms with Gasteiger partial charge in [0.15, 0.2) is 0 Å². The second-order valence-electron chi connectivity index (χ2n) is 4.99. The predicted molar refractivity (Wildman–Crippen MR) is 74.8 cm³/mol. The van der Waals surface area contributed by atoms with Crippen LogP contribution in [0.15, 0.2) is 42.5 Å². The van der Waals surface area contributed by atoms with E-state index in [9.17, 15) is 5.26 Å². The monoisotopic (exact) mass is 238 g/mol. The van der Waals surface area contributed by atoms with Crippen LogP contribution in [0.1, 0.15) is 25.5 Å². The molecule has 0 aliphatic heterocycles. The van der Waals surface area contributed by atoms with Gasteiger partial charge in [-0.3, -0.25) is 0 Å². The van der Waals surface area contributed by atoms with E-state index in [1.165, 1.54) is 5.39 Å². The maximum Gasteiger partial charge on any atom is 0.0679 e. The number of hydrogen-bond donors (Lipinski definition) is 1. The van der Waals surface area contributed by atoms with E-state index in [-0.39, 0.29) is 17.9 Å². The van der Waals surface area contributed by atoms with Crippen molar-refractivity contribution < 1.29 is 0 Å². The summed E-state index contributed by atoms with van der Waals surface area (Å²) < 4.78 is 0. The number of nitrogens with zero attached hydrogens (tertiary/aromatic N) is 1. The second kappa shape index (κ2) is 5.20. The lowest BCUT2D eigenvalue weighted by Crippen LogP contribution is -2.24. The molecule has 0 aliphatic rings. The van der Waals surface area contributed by atoms with Crippen LogP contribution in [0.3, 0.4) is 0 Å². The molecule has 2 nitrogen and oxygen atoms in total. The van der Waals surface area contributed by atoms with Gasteiger partial charge in [0.05, 0.1) is 12.0 Å². The highest BCUT2D eigenvalue weighted by atomic mass is 14.7. The van der Waals surface area contributed by atoms with Gasteiger partial charge in [0.2, 0.25) is 0 Å². The van der Waals surface area contributed by atoms with Crippen LogP contribution in [0.25, 0.3) is 10.8 Å².